The van der Waals surface area contributed by atoms with E-state index in [4.69, 9.17) is 62.2 Å². The fourth-order valence-corrected chi connectivity index (χ4v) is 13.8. The van der Waals surface area contributed by atoms with Crippen molar-refractivity contribution in [2.45, 2.75) is 179 Å². The molecule has 18 nitrogen and oxygen atoms in total. The summed E-state index contributed by atoms with van der Waals surface area (Å²) in [5.41, 5.74) is 34.8. The third kappa shape index (κ3) is 29.1. The van der Waals surface area contributed by atoms with Gasteiger partial charge in [0.25, 0.3) is 0 Å². The van der Waals surface area contributed by atoms with E-state index in [1.54, 1.807) is 36.4 Å². The van der Waals surface area contributed by atoms with Gasteiger partial charge in [0, 0.05) is 112 Å². The van der Waals surface area contributed by atoms with Crippen molar-refractivity contribution in [3.05, 3.63) is 247 Å². The van der Waals surface area contributed by atoms with Gasteiger partial charge in [0.1, 0.15) is 0 Å². The Labute approximate surface area is 775 Å². The molecule has 0 atom stereocenters. The number of aromatic nitrogens is 12. The normalized spacial score (nSPS) is 9.32. The molecule has 6 heterocycles. The first-order valence-electron chi connectivity index (χ1n) is 34.1. The fourth-order valence-electron chi connectivity index (χ4n) is 13.8. The first kappa shape index (κ1) is 111. The molecule has 0 saturated carbocycles. The molecule has 0 unspecified atom stereocenters. The Morgan fingerprint density at radius 3 is 0.393 bits per heavy atom. The van der Waals surface area contributed by atoms with Gasteiger partial charge in [-0.25, -0.2) is 28.1 Å². The summed E-state index contributed by atoms with van der Waals surface area (Å²) in [6, 6.07) is 49.7. The predicted molar refractivity (Wildman–Crippen MR) is 419 cm³/mol. The van der Waals surface area contributed by atoms with Crippen LogP contribution in [0.1, 0.15) is 154 Å². The number of nitrogens with zero attached hydrogens (tertiary/aromatic N) is 18. The molecule has 0 fully saturated rings. The molecular formula is C86H98Cu4I4N18. The number of nitriles is 6. The molecule has 6 aromatic heterocycles. The van der Waals surface area contributed by atoms with Gasteiger partial charge in [-0.15, -0.1) is 0 Å². The topological polar surface area (TPSA) is 250 Å². The molecule has 0 saturated heterocycles. The third-order valence-electron chi connectivity index (χ3n) is 16.7. The molecule has 12 aromatic rings. The second-order valence-electron chi connectivity index (χ2n) is 25.8. The monoisotopic (exact) mass is 2140 g/mol. The van der Waals surface area contributed by atoms with Crippen LogP contribution >= 0.6 is 0 Å². The van der Waals surface area contributed by atoms with Crippen LogP contribution in [0.15, 0.2) is 146 Å². The van der Waals surface area contributed by atoms with E-state index in [-0.39, 0.29) is 164 Å². The van der Waals surface area contributed by atoms with E-state index in [2.05, 4.69) is 234 Å². The number of halogens is 4. The molecule has 12 rings (SSSR count). The van der Waals surface area contributed by atoms with Gasteiger partial charge in [0.2, 0.25) is 12.6 Å². The van der Waals surface area contributed by atoms with Crippen molar-refractivity contribution < 1.29 is 164 Å². The molecule has 112 heavy (non-hydrogen) atoms. The van der Waals surface area contributed by atoms with Gasteiger partial charge in [-0.1, -0.05) is 106 Å². The number of benzene rings is 6. The maximum Gasteiger partial charge on any atom is 1.00 e. The Morgan fingerprint density at radius 2 is 0.304 bits per heavy atom. The van der Waals surface area contributed by atoms with Crippen molar-refractivity contribution in [2.75, 3.05) is 0 Å². The second-order valence-corrected chi connectivity index (χ2v) is 25.8. The Kier molecular flexibility index (Phi) is 53.0. The van der Waals surface area contributed by atoms with Crippen LogP contribution in [0.25, 0.3) is 67.5 Å². The number of aryl methyl sites for hydroxylation is 18. The minimum absolute atomic E-state index is 0. The summed E-state index contributed by atoms with van der Waals surface area (Å²) in [6.07, 6.45) is 11.3. The Morgan fingerprint density at radius 1 is 0.214 bits per heavy atom. The minimum atomic E-state index is -0.431. The Balaban J connectivity index is -0.000000811. The van der Waals surface area contributed by atoms with E-state index < -0.39 is 12.6 Å². The van der Waals surface area contributed by atoms with Crippen molar-refractivity contribution in [1.29, 1.82) is 31.6 Å². The second kappa shape index (κ2) is 53.6. The van der Waals surface area contributed by atoms with E-state index >= 15 is 0 Å². The first-order valence-corrected chi connectivity index (χ1v) is 34.1. The number of hydrogen-bond acceptors (Lipinski definition) is 12. The molecular weight excluding hydrogens is 2050 g/mol. The average Bonchev–Trinajstić information content (AvgIpc) is 1.62. The van der Waals surface area contributed by atoms with E-state index in [0.717, 1.165) is 34.2 Å². The molecule has 26 heteroatoms. The smallest absolute Gasteiger partial charge is 1.00 e. The summed E-state index contributed by atoms with van der Waals surface area (Å²) in [7, 11) is 0. The van der Waals surface area contributed by atoms with Gasteiger partial charge < -0.3 is 95.9 Å². The Hall–Kier alpha value is -7.48. The van der Waals surface area contributed by atoms with Crippen molar-refractivity contribution >= 4 is 0 Å². The van der Waals surface area contributed by atoms with Crippen molar-refractivity contribution in [3.8, 4) is 104 Å². The largest absolute Gasteiger partial charge is 1.00 e. The van der Waals surface area contributed by atoms with Gasteiger partial charge in [-0.3, -0.25) is 0 Å². The van der Waals surface area contributed by atoms with Crippen LogP contribution in [0, 0.1) is 193 Å². The summed E-state index contributed by atoms with van der Waals surface area (Å²) < 4.78 is 11.8. The van der Waals surface area contributed by atoms with E-state index in [9.17, 15) is 0 Å². The molecule has 0 bridgehead atoms. The van der Waals surface area contributed by atoms with Crippen LogP contribution in [0.3, 0.4) is 0 Å². The average molecular weight is 2150 g/mol. The van der Waals surface area contributed by atoms with Gasteiger partial charge in [-0.05, 0) is 228 Å². The zero-order valence-corrected chi connectivity index (χ0v) is 80.2. The molecule has 0 aliphatic heterocycles. The molecule has 0 spiro atoms. The van der Waals surface area contributed by atoms with Crippen LogP contribution in [-0.4, -0.2) is 58.7 Å². The summed E-state index contributed by atoms with van der Waals surface area (Å²) in [5.74, 6) is 0. The van der Waals surface area contributed by atoms with Crippen molar-refractivity contribution in [1.82, 2.24) is 58.7 Å². The molecule has 0 aliphatic rings. The van der Waals surface area contributed by atoms with Crippen molar-refractivity contribution in [2.24, 2.45) is 0 Å². The van der Waals surface area contributed by atoms with E-state index in [1.807, 2.05) is 65.3 Å². The fraction of sp³-hybridized carbons (Fsp3) is 0.302. The number of rotatable bonds is 12. The molecule has 0 N–H and O–H groups in total. The van der Waals surface area contributed by atoms with Crippen LogP contribution in [0.4, 0.5) is 0 Å². The summed E-state index contributed by atoms with van der Waals surface area (Å²) in [4.78, 5) is 0. The molecule has 604 valence electrons. The SMILES string of the molecule is CC#N.CC#N.CC#N.CC#N.CC#N.CC#N.Cc1cc(C)c(-c2ccn(C(n3ccc(-c4c(C)cc(C)cc4C)n3)n3ccc(-c4c(C)cc(C)cc4C)n3)n2)c(C)c1.Cc1cc(C)c(-c2ccn(C(n3ccc(-c4c(C)cc(C)cc4C)n3)n3ccc(-c4c(C)cc(C)cc4C)n3)n2)c(C)c1.[Cu+].[Cu+].[Cu+].[Cu+].[I-].[I-].[I-].[I-]. The van der Waals surface area contributed by atoms with Crippen LogP contribution in [0.5, 0.6) is 0 Å². The van der Waals surface area contributed by atoms with Crippen molar-refractivity contribution in [3.63, 3.8) is 0 Å². The molecule has 0 amide bonds. The maximum atomic E-state index is 7.32. The third-order valence-corrected chi connectivity index (χ3v) is 16.7. The minimum Gasteiger partial charge on any atom is -1.00 e. The summed E-state index contributed by atoms with van der Waals surface area (Å²) >= 11 is 0. The Bertz CT molecular complexity index is 4270. The van der Waals surface area contributed by atoms with Gasteiger partial charge >= 0.3 is 68.3 Å². The predicted octanol–water partition coefficient (Wildman–Crippen LogP) is 8.40. The van der Waals surface area contributed by atoms with E-state index in [1.165, 1.54) is 175 Å². The summed E-state index contributed by atoms with van der Waals surface area (Å²) in [5, 5.41) is 74.7. The van der Waals surface area contributed by atoms with Crippen LogP contribution < -0.4 is 95.9 Å². The first-order chi connectivity index (χ1) is 49.5. The molecule has 0 aliphatic carbocycles. The van der Waals surface area contributed by atoms with Crippen LogP contribution in [-0.2, 0) is 68.3 Å². The van der Waals surface area contributed by atoms with Crippen LogP contribution in [0.2, 0.25) is 0 Å². The molecule has 0 radical (unpaired) electrons. The quantitative estimate of drug-likeness (QED) is 0.0826. The standard InChI is InChI=1S/2C37H40N6.6C2H3N.4Cu.4HI/c2*1-22-16-25(4)34(26(5)17-22)31-10-13-41(38-31)37(42-14-11-32(39-42)35-27(6)18-23(2)19-28(35)7)43-15-12-33(40-43)36-29(8)20-24(3)21-30(36)9;6*1-2-3;;;;;;;;/h2*10-21,37H,1-9H3;6*1H3;;;;;4*1H/q;;;;;;;;4*+1;;;;/p-4. The maximum absolute atomic E-state index is 7.32. The van der Waals surface area contributed by atoms with Gasteiger partial charge in [0.15, 0.2) is 0 Å². The summed E-state index contributed by atoms with van der Waals surface area (Å²) in [6.45, 7) is 47.3. The zero-order chi connectivity index (χ0) is 77.4. The zero-order valence-electron chi connectivity index (χ0n) is 67.8. The van der Waals surface area contributed by atoms with Gasteiger partial charge in [-0.2, -0.15) is 62.2 Å². The van der Waals surface area contributed by atoms with E-state index in [0.29, 0.717) is 0 Å². The number of hydrogen-bond donors (Lipinski definition) is 0. The molecule has 6 aromatic carbocycles. The van der Waals surface area contributed by atoms with Gasteiger partial charge in [0.05, 0.1) is 70.6 Å².